The van der Waals surface area contributed by atoms with Crippen LogP contribution in [0.2, 0.25) is 0 Å². The highest BCUT2D eigenvalue weighted by Gasteiger charge is 2.17. The standard InChI is InChI=1S/C16H24N2OS/c1-2-11-17-12-16(19)18-14-9-5-6-10-15(14)20-13-7-3-4-8-13/h5-6,9-10,13,17H,2-4,7-8,11-12H2,1H3,(H,18,19). The van der Waals surface area contributed by atoms with Crippen molar-refractivity contribution in [2.45, 2.75) is 49.2 Å². The second-order valence-electron chi connectivity index (χ2n) is 5.25. The van der Waals surface area contributed by atoms with E-state index < -0.39 is 0 Å². The van der Waals surface area contributed by atoms with Gasteiger partial charge in [-0.15, -0.1) is 11.8 Å². The Balaban J connectivity index is 1.91. The molecule has 2 rings (SSSR count). The summed E-state index contributed by atoms with van der Waals surface area (Å²) >= 11 is 1.91. The number of anilines is 1. The van der Waals surface area contributed by atoms with Crippen molar-refractivity contribution in [2.24, 2.45) is 0 Å². The summed E-state index contributed by atoms with van der Waals surface area (Å²) in [6.07, 6.45) is 6.32. The first-order chi connectivity index (χ1) is 9.79. The van der Waals surface area contributed by atoms with Crippen LogP contribution in [0.5, 0.6) is 0 Å². The van der Waals surface area contributed by atoms with Crippen molar-refractivity contribution in [1.82, 2.24) is 5.32 Å². The minimum atomic E-state index is 0.0397. The maximum atomic E-state index is 11.9. The molecule has 0 aromatic heterocycles. The van der Waals surface area contributed by atoms with E-state index in [9.17, 15) is 4.79 Å². The number of thioether (sulfide) groups is 1. The minimum Gasteiger partial charge on any atom is -0.324 e. The first kappa shape index (κ1) is 15.4. The first-order valence-corrected chi connectivity index (χ1v) is 8.44. The summed E-state index contributed by atoms with van der Waals surface area (Å²) in [5.74, 6) is 0.0397. The normalized spacial score (nSPS) is 15.4. The Morgan fingerprint density at radius 2 is 2.05 bits per heavy atom. The van der Waals surface area contributed by atoms with Gasteiger partial charge in [0, 0.05) is 10.1 Å². The van der Waals surface area contributed by atoms with Crippen molar-refractivity contribution in [3.63, 3.8) is 0 Å². The number of carbonyl (C=O) groups is 1. The minimum absolute atomic E-state index is 0.0397. The molecule has 1 aromatic carbocycles. The predicted octanol–water partition coefficient (Wildman–Crippen LogP) is 3.66. The molecule has 0 unspecified atom stereocenters. The molecule has 0 saturated heterocycles. The van der Waals surface area contributed by atoms with Crippen LogP contribution in [0.4, 0.5) is 5.69 Å². The quantitative estimate of drug-likeness (QED) is 0.754. The number of benzene rings is 1. The van der Waals surface area contributed by atoms with Crippen molar-refractivity contribution in [2.75, 3.05) is 18.4 Å². The molecule has 1 aromatic rings. The van der Waals surface area contributed by atoms with E-state index in [0.717, 1.165) is 18.7 Å². The van der Waals surface area contributed by atoms with Crippen LogP contribution in [0.1, 0.15) is 39.0 Å². The molecule has 3 nitrogen and oxygen atoms in total. The van der Waals surface area contributed by atoms with E-state index >= 15 is 0 Å². The average Bonchev–Trinajstić information content (AvgIpc) is 2.94. The van der Waals surface area contributed by atoms with Gasteiger partial charge in [-0.1, -0.05) is 31.9 Å². The van der Waals surface area contributed by atoms with Crippen LogP contribution >= 0.6 is 11.8 Å². The van der Waals surface area contributed by atoms with Gasteiger partial charge in [-0.2, -0.15) is 0 Å². The third-order valence-corrected chi connectivity index (χ3v) is 4.88. The van der Waals surface area contributed by atoms with Crippen LogP contribution in [0, 0.1) is 0 Å². The Bertz CT molecular complexity index is 430. The summed E-state index contributed by atoms with van der Waals surface area (Å²) in [5.41, 5.74) is 0.952. The van der Waals surface area contributed by atoms with Crippen LogP contribution in [0.15, 0.2) is 29.2 Å². The van der Waals surface area contributed by atoms with E-state index in [2.05, 4.69) is 23.6 Å². The third-order valence-electron chi connectivity index (χ3n) is 3.47. The molecular weight excluding hydrogens is 268 g/mol. The van der Waals surface area contributed by atoms with E-state index in [1.165, 1.54) is 30.6 Å². The van der Waals surface area contributed by atoms with E-state index in [4.69, 9.17) is 0 Å². The Morgan fingerprint density at radius 3 is 2.80 bits per heavy atom. The molecule has 110 valence electrons. The highest BCUT2D eigenvalue weighted by Crippen LogP contribution is 2.37. The molecule has 1 aliphatic rings. The van der Waals surface area contributed by atoms with Crippen molar-refractivity contribution in [1.29, 1.82) is 0 Å². The molecule has 4 heteroatoms. The van der Waals surface area contributed by atoms with Gasteiger partial charge in [-0.3, -0.25) is 4.79 Å². The van der Waals surface area contributed by atoms with Crippen LogP contribution in [0.3, 0.4) is 0 Å². The molecule has 1 fully saturated rings. The van der Waals surface area contributed by atoms with Crippen LogP contribution in [-0.4, -0.2) is 24.2 Å². The molecule has 1 saturated carbocycles. The summed E-state index contributed by atoms with van der Waals surface area (Å²) < 4.78 is 0. The largest absolute Gasteiger partial charge is 0.324 e. The van der Waals surface area contributed by atoms with E-state index in [1.54, 1.807) is 0 Å². The first-order valence-electron chi connectivity index (χ1n) is 7.56. The lowest BCUT2D eigenvalue weighted by atomic mass is 10.3. The van der Waals surface area contributed by atoms with Gasteiger partial charge in [-0.25, -0.2) is 0 Å². The maximum absolute atomic E-state index is 11.9. The van der Waals surface area contributed by atoms with Gasteiger partial charge in [0.2, 0.25) is 5.91 Å². The summed E-state index contributed by atoms with van der Waals surface area (Å²) in [7, 11) is 0. The van der Waals surface area contributed by atoms with Gasteiger partial charge in [-0.05, 0) is 37.9 Å². The zero-order chi connectivity index (χ0) is 14.2. The van der Waals surface area contributed by atoms with Crippen molar-refractivity contribution in [3.05, 3.63) is 24.3 Å². The van der Waals surface area contributed by atoms with Crippen LogP contribution < -0.4 is 10.6 Å². The Hall–Kier alpha value is -1.00. The highest BCUT2D eigenvalue weighted by molar-refractivity contribution is 8.00. The Kier molecular flexibility index (Phi) is 6.40. The van der Waals surface area contributed by atoms with Gasteiger partial charge >= 0.3 is 0 Å². The topological polar surface area (TPSA) is 41.1 Å². The van der Waals surface area contributed by atoms with Gasteiger partial charge < -0.3 is 10.6 Å². The summed E-state index contributed by atoms with van der Waals surface area (Å²) in [4.78, 5) is 13.1. The molecule has 1 amide bonds. The fourth-order valence-electron chi connectivity index (χ4n) is 2.43. The molecular formula is C16H24N2OS. The van der Waals surface area contributed by atoms with Gasteiger partial charge in [0.25, 0.3) is 0 Å². The number of rotatable bonds is 7. The summed E-state index contributed by atoms with van der Waals surface area (Å²) in [6, 6.07) is 8.13. The van der Waals surface area contributed by atoms with Gasteiger partial charge in [0.1, 0.15) is 0 Å². The molecule has 20 heavy (non-hydrogen) atoms. The van der Waals surface area contributed by atoms with Gasteiger partial charge in [0.05, 0.1) is 12.2 Å². The van der Waals surface area contributed by atoms with Crippen LogP contribution in [0.25, 0.3) is 0 Å². The SMILES string of the molecule is CCCNCC(=O)Nc1ccccc1SC1CCCC1. The monoisotopic (exact) mass is 292 g/mol. The molecule has 0 heterocycles. The molecule has 0 atom stereocenters. The summed E-state index contributed by atoms with van der Waals surface area (Å²) in [5, 5.41) is 6.86. The molecule has 0 spiro atoms. The third kappa shape index (κ3) is 4.84. The second-order valence-corrected chi connectivity index (χ2v) is 6.59. The average molecular weight is 292 g/mol. The van der Waals surface area contributed by atoms with E-state index in [1.807, 2.05) is 30.0 Å². The fraction of sp³-hybridized carbons (Fsp3) is 0.562. The smallest absolute Gasteiger partial charge is 0.238 e. The molecule has 0 bridgehead atoms. The molecule has 1 aliphatic carbocycles. The highest BCUT2D eigenvalue weighted by atomic mass is 32.2. The number of hydrogen-bond donors (Lipinski definition) is 2. The van der Waals surface area contributed by atoms with E-state index in [-0.39, 0.29) is 5.91 Å². The zero-order valence-corrected chi connectivity index (χ0v) is 13.0. The molecule has 0 aliphatic heterocycles. The van der Waals surface area contributed by atoms with Crippen molar-refractivity contribution < 1.29 is 4.79 Å². The lowest BCUT2D eigenvalue weighted by Crippen LogP contribution is -2.28. The number of amides is 1. The number of hydrogen-bond acceptors (Lipinski definition) is 3. The lowest BCUT2D eigenvalue weighted by molar-refractivity contribution is -0.115. The number of para-hydroxylation sites is 1. The van der Waals surface area contributed by atoms with Crippen molar-refractivity contribution >= 4 is 23.4 Å². The summed E-state index contributed by atoms with van der Waals surface area (Å²) in [6.45, 7) is 3.36. The van der Waals surface area contributed by atoms with E-state index in [0.29, 0.717) is 11.8 Å². The molecule has 2 N–H and O–H groups in total. The predicted molar refractivity (Wildman–Crippen MR) is 86.3 cm³/mol. The Labute approximate surface area is 125 Å². The second kappa shape index (κ2) is 8.32. The molecule has 0 radical (unpaired) electrons. The maximum Gasteiger partial charge on any atom is 0.238 e. The van der Waals surface area contributed by atoms with Crippen molar-refractivity contribution in [3.8, 4) is 0 Å². The Morgan fingerprint density at radius 1 is 1.30 bits per heavy atom. The fourth-order valence-corrected chi connectivity index (χ4v) is 3.76. The zero-order valence-electron chi connectivity index (χ0n) is 12.2. The van der Waals surface area contributed by atoms with Gasteiger partial charge in [0.15, 0.2) is 0 Å². The van der Waals surface area contributed by atoms with Crippen LogP contribution in [-0.2, 0) is 4.79 Å². The lowest BCUT2D eigenvalue weighted by Gasteiger charge is -2.14. The number of nitrogens with one attached hydrogen (secondary N) is 2. The number of carbonyl (C=O) groups excluding carboxylic acids is 1.